The lowest BCUT2D eigenvalue weighted by Gasteiger charge is -2.25. The first kappa shape index (κ1) is 21.2. The number of amides is 3. The second-order valence-corrected chi connectivity index (χ2v) is 8.83. The van der Waals surface area contributed by atoms with Gasteiger partial charge in [0.15, 0.2) is 11.5 Å². The van der Waals surface area contributed by atoms with Crippen molar-refractivity contribution in [2.24, 2.45) is 0 Å². The summed E-state index contributed by atoms with van der Waals surface area (Å²) in [4.78, 5) is 42.4. The molecule has 0 fully saturated rings. The molecule has 0 N–H and O–H groups in total. The van der Waals surface area contributed by atoms with Crippen molar-refractivity contribution in [3.63, 3.8) is 0 Å². The van der Waals surface area contributed by atoms with Crippen LogP contribution in [0.15, 0.2) is 60.0 Å². The second kappa shape index (κ2) is 9.07. The Morgan fingerprint density at radius 1 is 0.939 bits per heavy atom. The molecule has 5 rings (SSSR count). The molecule has 2 aliphatic rings. The van der Waals surface area contributed by atoms with Gasteiger partial charge >= 0.3 is 0 Å². The normalized spacial score (nSPS) is 14.4. The Morgan fingerprint density at radius 3 is 2.36 bits per heavy atom. The van der Waals surface area contributed by atoms with E-state index in [-0.39, 0.29) is 30.7 Å². The third kappa shape index (κ3) is 4.21. The van der Waals surface area contributed by atoms with Crippen LogP contribution in [0.4, 0.5) is 5.69 Å². The van der Waals surface area contributed by atoms with Crippen LogP contribution in [-0.2, 0) is 11.3 Å². The second-order valence-electron chi connectivity index (χ2n) is 7.80. The molecule has 1 aromatic heterocycles. The van der Waals surface area contributed by atoms with Crippen LogP contribution in [0.3, 0.4) is 0 Å². The maximum atomic E-state index is 13.3. The first-order valence-electron chi connectivity index (χ1n) is 10.8. The zero-order valence-electron chi connectivity index (χ0n) is 17.9. The molecule has 3 amide bonds. The molecule has 0 bridgehead atoms. The number of hydrogen-bond donors (Lipinski definition) is 0. The SMILES string of the molecule is O=C1c2ccccc2C(=O)N1CCCC(=O)N(Cc1cccs1)c1ccc2c(c1)OCCO2. The van der Waals surface area contributed by atoms with Gasteiger partial charge in [-0.15, -0.1) is 11.3 Å². The maximum Gasteiger partial charge on any atom is 0.261 e. The van der Waals surface area contributed by atoms with Crippen LogP contribution in [0, 0.1) is 0 Å². The third-order valence-electron chi connectivity index (χ3n) is 5.68. The minimum Gasteiger partial charge on any atom is -0.486 e. The molecule has 33 heavy (non-hydrogen) atoms. The quantitative estimate of drug-likeness (QED) is 0.494. The smallest absolute Gasteiger partial charge is 0.261 e. The summed E-state index contributed by atoms with van der Waals surface area (Å²) in [6.45, 7) is 1.60. The molecule has 0 saturated carbocycles. The number of imide groups is 1. The number of fused-ring (bicyclic) bond motifs is 2. The Morgan fingerprint density at radius 2 is 1.67 bits per heavy atom. The minimum absolute atomic E-state index is 0.0864. The Labute approximate surface area is 195 Å². The number of carbonyl (C=O) groups is 3. The first-order valence-corrected chi connectivity index (χ1v) is 11.7. The average Bonchev–Trinajstić information content (AvgIpc) is 3.45. The fraction of sp³-hybridized carbons (Fsp3) is 0.240. The lowest BCUT2D eigenvalue weighted by Crippen LogP contribution is -2.33. The van der Waals surface area contributed by atoms with E-state index in [2.05, 4.69) is 0 Å². The zero-order chi connectivity index (χ0) is 22.8. The van der Waals surface area contributed by atoms with Gasteiger partial charge in [-0.05, 0) is 42.1 Å². The van der Waals surface area contributed by atoms with Crippen molar-refractivity contribution in [2.45, 2.75) is 19.4 Å². The van der Waals surface area contributed by atoms with Crippen LogP contribution in [-0.4, -0.2) is 42.4 Å². The summed E-state index contributed by atoms with van der Waals surface area (Å²) in [5, 5.41) is 1.98. The highest BCUT2D eigenvalue weighted by Crippen LogP contribution is 2.35. The van der Waals surface area contributed by atoms with Gasteiger partial charge in [-0.1, -0.05) is 18.2 Å². The number of anilines is 1. The molecule has 0 spiro atoms. The molecule has 7 nitrogen and oxygen atoms in total. The molecular formula is C25H22N2O5S. The number of rotatable bonds is 7. The van der Waals surface area contributed by atoms with Crippen molar-refractivity contribution in [2.75, 3.05) is 24.7 Å². The zero-order valence-corrected chi connectivity index (χ0v) is 18.7. The number of hydrogen-bond acceptors (Lipinski definition) is 6. The van der Waals surface area contributed by atoms with Crippen LogP contribution in [0.1, 0.15) is 38.4 Å². The van der Waals surface area contributed by atoms with Gasteiger partial charge in [-0.2, -0.15) is 0 Å². The molecule has 2 aliphatic heterocycles. The van der Waals surface area contributed by atoms with E-state index in [9.17, 15) is 14.4 Å². The number of carbonyl (C=O) groups excluding carboxylic acids is 3. The van der Waals surface area contributed by atoms with Gasteiger partial charge in [-0.25, -0.2) is 0 Å². The lowest BCUT2D eigenvalue weighted by atomic mass is 10.1. The molecule has 0 saturated heterocycles. The molecule has 0 unspecified atom stereocenters. The van der Waals surface area contributed by atoms with E-state index < -0.39 is 0 Å². The largest absolute Gasteiger partial charge is 0.486 e. The molecule has 0 radical (unpaired) electrons. The third-order valence-corrected chi connectivity index (χ3v) is 6.54. The predicted molar refractivity (Wildman–Crippen MR) is 124 cm³/mol. The summed E-state index contributed by atoms with van der Waals surface area (Å²) in [6, 6.07) is 16.2. The van der Waals surface area contributed by atoms with E-state index in [1.807, 2.05) is 35.7 Å². The predicted octanol–water partition coefficient (Wildman–Crippen LogP) is 4.13. The molecular weight excluding hydrogens is 440 g/mol. The van der Waals surface area contributed by atoms with Gasteiger partial charge in [0.25, 0.3) is 11.8 Å². The van der Waals surface area contributed by atoms with Gasteiger partial charge in [0.05, 0.1) is 17.7 Å². The molecule has 168 valence electrons. The number of nitrogens with zero attached hydrogens (tertiary/aromatic N) is 2. The fourth-order valence-corrected chi connectivity index (χ4v) is 4.74. The van der Waals surface area contributed by atoms with E-state index in [0.29, 0.717) is 48.8 Å². The standard InChI is InChI=1S/C25H22N2O5S/c28-23(8-3-11-26-24(29)19-6-1-2-7-20(19)25(26)30)27(16-18-5-4-14-33-18)17-9-10-21-22(15-17)32-13-12-31-21/h1-2,4-7,9-10,14-15H,3,8,11-13,16H2. The molecule has 8 heteroatoms. The highest BCUT2D eigenvalue weighted by Gasteiger charge is 2.34. The van der Waals surface area contributed by atoms with Crippen molar-refractivity contribution < 1.29 is 23.9 Å². The fourth-order valence-electron chi connectivity index (χ4n) is 4.05. The highest BCUT2D eigenvalue weighted by molar-refractivity contribution is 7.09. The van der Waals surface area contributed by atoms with Crippen LogP contribution >= 0.6 is 11.3 Å². The topological polar surface area (TPSA) is 76.2 Å². The lowest BCUT2D eigenvalue weighted by molar-refractivity contribution is -0.118. The van der Waals surface area contributed by atoms with Gasteiger partial charge in [0.1, 0.15) is 13.2 Å². The summed E-state index contributed by atoms with van der Waals surface area (Å²) < 4.78 is 11.3. The minimum atomic E-state index is -0.301. The Hall–Kier alpha value is -3.65. The van der Waals surface area contributed by atoms with E-state index in [1.54, 1.807) is 40.5 Å². The summed E-state index contributed by atoms with van der Waals surface area (Å²) in [5.74, 6) is 0.597. The summed E-state index contributed by atoms with van der Waals surface area (Å²) in [5.41, 5.74) is 1.56. The molecule has 3 aromatic rings. The van der Waals surface area contributed by atoms with Crippen molar-refractivity contribution in [1.82, 2.24) is 4.90 Å². The number of thiophene rings is 1. The van der Waals surface area contributed by atoms with Crippen LogP contribution in [0.5, 0.6) is 11.5 Å². The molecule has 0 atom stereocenters. The van der Waals surface area contributed by atoms with Crippen molar-refractivity contribution >= 4 is 34.7 Å². The van der Waals surface area contributed by atoms with Crippen molar-refractivity contribution in [3.8, 4) is 11.5 Å². The van der Waals surface area contributed by atoms with Gasteiger partial charge in [0.2, 0.25) is 5.91 Å². The number of benzene rings is 2. The van der Waals surface area contributed by atoms with E-state index in [4.69, 9.17) is 9.47 Å². The summed E-state index contributed by atoms with van der Waals surface area (Å²) >= 11 is 1.58. The highest BCUT2D eigenvalue weighted by atomic mass is 32.1. The van der Waals surface area contributed by atoms with Crippen molar-refractivity contribution in [3.05, 3.63) is 76.0 Å². The van der Waals surface area contributed by atoms with Gasteiger partial charge in [-0.3, -0.25) is 19.3 Å². The summed E-state index contributed by atoms with van der Waals surface area (Å²) in [7, 11) is 0. The Balaban J connectivity index is 1.29. The van der Waals surface area contributed by atoms with Gasteiger partial charge in [0, 0.05) is 29.6 Å². The van der Waals surface area contributed by atoms with E-state index >= 15 is 0 Å². The maximum absolute atomic E-state index is 13.3. The monoisotopic (exact) mass is 462 g/mol. The first-order chi connectivity index (χ1) is 16.1. The molecule has 2 aromatic carbocycles. The van der Waals surface area contributed by atoms with Crippen LogP contribution < -0.4 is 14.4 Å². The summed E-state index contributed by atoms with van der Waals surface area (Å²) in [6.07, 6.45) is 0.586. The van der Waals surface area contributed by atoms with Crippen LogP contribution in [0.25, 0.3) is 0 Å². The van der Waals surface area contributed by atoms with Crippen LogP contribution in [0.2, 0.25) is 0 Å². The molecule has 3 heterocycles. The Kier molecular flexibility index (Phi) is 5.83. The van der Waals surface area contributed by atoms with E-state index in [0.717, 1.165) is 10.6 Å². The van der Waals surface area contributed by atoms with Gasteiger partial charge < -0.3 is 14.4 Å². The van der Waals surface area contributed by atoms with E-state index in [1.165, 1.54) is 4.90 Å². The molecule has 0 aliphatic carbocycles. The average molecular weight is 463 g/mol. The number of ether oxygens (including phenoxy) is 2. The van der Waals surface area contributed by atoms with Crippen molar-refractivity contribution in [1.29, 1.82) is 0 Å². The Bertz CT molecular complexity index is 1170.